The van der Waals surface area contributed by atoms with Gasteiger partial charge in [0.2, 0.25) is 0 Å². The van der Waals surface area contributed by atoms with Crippen molar-refractivity contribution >= 4 is 16.7 Å². The van der Waals surface area contributed by atoms with E-state index in [-0.39, 0.29) is 17.8 Å². The molecule has 1 aliphatic heterocycles. The van der Waals surface area contributed by atoms with Crippen molar-refractivity contribution in [1.82, 2.24) is 9.80 Å². The predicted molar refractivity (Wildman–Crippen MR) is 87.4 cm³/mol. The first kappa shape index (κ1) is 17.1. The third-order valence-corrected chi connectivity index (χ3v) is 5.43. The minimum absolute atomic E-state index is 0.0190. The van der Waals surface area contributed by atoms with E-state index in [1.807, 2.05) is 18.7 Å². The van der Waals surface area contributed by atoms with E-state index in [1.54, 1.807) is 24.3 Å². The number of nitrogens with zero attached hydrogens (tertiary/aromatic N) is 2. The molecule has 1 aromatic rings. The number of hydrogen-bond acceptors (Lipinski definition) is 4. The Morgan fingerprint density at radius 3 is 2.27 bits per heavy atom. The highest BCUT2D eigenvalue weighted by Crippen LogP contribution is 2.14. The fourth-order valence-electron chi connectivity index (χ4n) is 2.50. The van der Waals surface area contributed by atoms with E-state index in [0.29, 0.717) is 25.2 Å². The highest BCUT2D eigenvalue weighted by atomic mass is 32.2. The summed E-state index contributed by atoms with van der Waals surface area (Å²) in [6.07, 6.45) is 0. The van der Waals surface area contributed by atoms with Crippen LogP contribution in [0.25, 0.3) is 0 Å². The molecule has 22 heavy (non-hydrogen) atoms. The smallest absolute Gasteiger partial charge is 0.253 e. The second-order valence-corrected chi connectivity index (χ2v) is 7.74. The van der Waals surface area contributed by atoms with Gasteiger partial charge in [0.1, 0.15) is 0 Å². The third-order valence-electron chi connectivity index (χ3n) is 3.84. The lowest BCUT2D eigenvalue weighted by atomic mass is 10.2. The molecule has 1 unspecified atom stereocenters. The molecular weight excluding hydrogens is 300 g/mol. The number of aliphatic hydroxyl groups excluding tert-OH is 1. The van der Waals surface area contributed by atoms with Crippen LogP contribution < -0.4 is 0 Å². The molecule has 0 bridgehead atoms. The van der Waals surface area contributed by atoms with Gasteiger partial charge in [0, 0.05) is 48.4 Å². The standard InChI is InChI=1S/C16H24N2O3S/c1-13(2)22(21)15-5-3-14(4-6-15)16(20)18-9-7-17(8-10-18)11-12-19/h3-6,13,19H,7-12H2,1-2H3. The number of carbonyl (C=O) groups is 1. The Bertz CT molecular complexity index is 523. The number of amides is 1. The second-order valence-electron chi connectivity index (χ2n) is 5.73. The van der Waals surface area contributed by atoms with Gasteiger partial charge in [0.05, 0.1) is 17.4 Å². The minimum Gasteiger partial charge on any atom is -0.395 e. The van der Waals surface area contributed by atoms with Gasteiger partial charge >= 0.3 is 0 Å². The summed E-state index contributed by atoms with van der Waals surface area (Å²) in [4.78, 5) is 17.2. The summed E-state index contributed by atoms with van der Waals surface area (Å²) in [5, 5.41) is 9.00. The average molecular weight is 324 g/mol. The minimum atomic E-state index is -1.02. The van der Waals surface area contributed by atoms with Crippen molar-refractivity contribution in [2.75, 3.05) is 39.3 Å². The molecule has 0 aromatic heterocycles. The van der Waals surface area contributed by atoms with Gasteiger partial charge < -0.3 is 10.0 Å². The van der Waals surface area contributed by atoms with Crippen molar-refractivity contribution in [3.63, 3.8) is 0 Å². The summed E-state index contributed by atoms with van der Waals surface area (Å²) in [6.45, 7) is 7.60. The van der Waals surface area contributed by atoms with E-state index < -0.39 is 10.8 Å². The highest BCUT2D eigenvalue weighted by Gasteiger charge is 2.22. The summed E-state index contributed by atoms with van der Waals surface area (Å²) in [7, 11) is -1.02. The van der Waals surface area contributed by atoms with E-state index >= 15 is 0 Å². The topological polar surface area (TPSA) is 60.9 Å². The Balaban J connectivity index is 1.97. The molecule has 6 heteroatoms. The van der Waals surface area contributed by atoms with Crippen molar-refractivity contribution in [3.05, 3.63) is 29.8 Å². The zero-order valence-corrected chi connectivity index (χ0v) is 14.0. The zero-order valence-electron chi connectivity index (χ0n) is 13.2. The molecule has 1 amide bonds. The number of carbonyl (C=O) groups excluding carboxylic acids is 1. The molecule has 1 N–H and O–H groups in total. The molecule has 1 saturated heterocycles. The number of benzene rings is 1. The van der Waals surface area contributed by atoms with Crippen LogP contribution in [0.15, 0.2) is 29.2 Å². The van der Waals surface area contributed by atoms with Gasteiger partial charge in [-0.2, -0.15) is 0 Å². The molecule has 2 rings (SSSR count). The van der Waals surface area contributed by atoms with E-state index in [9.17, 15) is 9.00 Å². The Morgan fingerprint density at radius 2 is 1.77 bits per heavy atom. The van der Waals surface area contributed by atoms with Gasteiger partial charge in [0.15, 0.2) is 0 Å². The van der Waals surface area contributed by atoms with Crippen molar-refractivity contribution < 1.29 is 14.1 Å². The number of β-amino-alcohol motifs (C(OH)–C–C–N with tert-alkyl or cyclic N) is 1. The summed E-state index contributed by atoms with van der Waals surface area (Å²) in [5.41, 5.74) is 0.639. The van der Waals surface area contributed by atoms with E-state index in [0.717, 1.165) is 18.0 Å². The van der Waals surface area contributed by atoms with Crippen LogP contribution in [0.1, 0.15) is 24.2 Å². The van der Waals surface area contributed by atoms with Crippen molar-refractivity contribution in [2.45, 2.75) is 24.0 Å². The normalized spacial score (nSPS) is 17.7. The van der Waals surface area contributed by atoms with Gasteiger partial charge in [-0.3, -0.25) is 13.9 Å². The van der Waals surface area contributed by atoms with Crippen LogP contribution in [0.5, 0.6) is 0 Å². The van der Waals surface area contributed by atoms with Crippen LogP contribution >= 0.6 is 0 Å². The van der Waals surface area contributed by atoms with Crippen molar-refractivity contribution in [2.24, 2.45) is 0 Å². The van der Waals surface area contributed by atoms with Crippen LogP contribution in [0.2, 0.25) is 0 Å². The Morgan fingerprint density at radius 1 is 1.18 bits per heavy atom. The average Bonchev–Trinajstić information content (AvgIpc) is 2.54. The van der Waals surface area contributed by atoms with Crippen molar-refractivity contribution in [1.29, 1.82) is 0 Å². The van der Waals surface area contributed by atoms with Gasteiger partial charge in [-0.25, -0.2) is 0 Å². The first-order valence-corrected chi connectivity index (χ1v) is 8.87. The molecule has 5 nitrogen and oxygen atoms in total. The van der Waals surface area contributed by atoms with Crippen LogP contribution in [0.4, 0.5) is 0 Å². The predicted octanol–water partition coefficient (Wildman–Crippen LogP) is 0.953. The van der Waals surface area contributed by atoms with Crippen LogP contribution in [-0.4, -0.2) is 69.6 Å². The maximum atomic E-state index is 12.5. The summed E-state index contributed by atoms with van der Waals surface area (Å²) in [6, 6.07) is 7.09. The fraction of sp³-hybridized carbons (Fsp3) is 0.562. The van der Waals surface area contributed by atoms with Gasteiger partial charge in [-0.05, 0) is 24.3 Å². The zero-order chi connectivity index (χ0) is 16.1. The lowest BCUT2D eigenvalue weighted by Crippen LogP contribution is -2.49. The van der Waals surface area contributed by atoms with Crippen molar-refractivity contribution in [3.8, 4) is 0 Å². The number of hydrogen-bond donors (Lipinski definition) is 1. The molecule has 1 fully saturated rings. The SMILES string of the molecule is CC(C)S(=O)c1ccc(C(=O)N2CCN(CCO)CC2)cc1. The van der Waals surface area contributed by atoms with E-state index in [4.69, 9.17) is 5.11 Å². The highest BCUT2D eigenvalue weighted by molar-refractivity contribution is 7.85. The van der Waals surface area contributed by atoms with Gasteiger partial charge in [0.25, 0.3) is 5.91 Å². The lowest BCUT2D eigenvalue weighted by Gasteiger charge is -2.34. The molecule has 0 saturated carbocycles. The maximum absolute atomic E-state index is 12.5. The molecular formula is C16H24N2O3S. The first-order valence-electron chi connectivity index (χ1n) is 7.66. The summed E-state index contributed by atoms with van der Waals surface area (Å²) < 4.78 is 12.0. The van der Waals surface area contributed by atoms with Gasteiger partial charge in [-0.15, -0.1) is 0 Å². The molecule has 0 spiro atoms. The monoisotopic (exact) mass is 324 g/mol. The Kier molecular flexibility index (Phi) is 6.11. The Hall–Kier alpha value is -1.24. The molecule has 122 valence electrons. The van der Waals surface area contributed by atoms with Crippen LogP contribution in [-0.2, 0) is 10.8 Å². The number of aliphatic hydroxyl groups is 1. The second kappa shape index (κ2) is 7.85. The van der Waals surface area contributed by atoms with E-state index in [2.05, 4.69) is 4.90 Å². The quantitative estimate of drug-likeness (QED) is 0.876. The molecule has 0 aliphatic carbocycles. The Labute approximate surface area is 134 Å². The van der Waals surface area contributed by atoms with Crippen LogP contribution in [0, 0.1) is 0 Å². The number of rotatable bonds is 5. The van der Waals surface area contributed by atoms with Gasteiger partial charge in [-0.1, -0.05) is 13.8 Å². The molecule has 1 aromatic carbocycles. The first-order chi connectivity index (χ1) is 10.5. The molecule has 1 heterocycles. The molecule has 1 aliphatic rings. The lowest BCUT2D eigenvalue weighted by molar-refractivity contribution is 0.0615. The molecule has 1 atom stereocenters. The molecule has 0 radical (unpaired) electrons. The maximum Gasteiger partial charge on any atom is 0.253 e. The van der Waals surface area contributed by atoms with E-state index in [1.165, 1.54) is 0 Å². The van der Waals surface area contributed by atoms with Crippen LogP contribution in [0.3, 0.4) is 0 Å². The number of piperazine rings is 1. The third kappa shape index (κ3) is 4.15. The fourth-order valence-corrected chi connectivity index (χ4v) is 3.45. The summed E-state index contributed by atoms with van der Waals surface area (Å²) >= 11 is 0. The summed E-state index contributed by atoms with van der Waals surface area (Å²) in [5.74, 6) is 0.0190. The largest absolute Gasteiger partial charge is 0.395 e.